The van der Waals surface area contributed by atoms with Crippen molar-refractivity contribution < 1.29 is 14.3 Å². The van der Waals surface area contributed by atoms with Crippen LogP contribution >= 0.6 is 0 Å². The molecule has 2 atom stereocenters. The van der Waals surface area contributed by atoms with E-state index in [1.807, 2.05) is 17.3 Å². The van der Waals surface area contributed by atoms with E-state index in [9.17, 15) is 4.79 Å². The lowest BCUT2D eigenvalue weighted by Gasteiger charge is -2.26. The van der Waals surface area contributed by atoms with Crippen molar-refractivity contribution in [3.63, 3.8) is 0 Å². The van der Waals surface area contributed by atoms with E-state index in [2.05, 4.69) is 9.55 Å². The second kappa shape index (κ2) is 6.61. The molecule has 0 aromatic carbocycles. The first-order valence-electron chi connectivity index (χ1n) is 8.78. The summed E-state index contributed by atoms with van der Waals surface area (Å²) in [6.07, 6.45) is 7.99. The van der Waals surface area contributed by atoms with Crippen LogP contribution in [-0.2, 0) is 27.4 Å². The van der Waals surface area contributed by atoms with Gasteiger partial charge in [0, 0.05) is 44.6 Å². The van der Waals surface area contributed by atoms with Gasteiger partial charge in [-0.3, -0.25) is 4.79 Å². The Hall–Kier alpha value is -1.40. The number of hydrogen-bond donors (Lipinski definition) is 0. The van der Waals surface area contributed by atoms with Crippen LogP contribution in [-0.4, -0.2) is 52.8 Å². The number of aromatic nitrogens is 2. The van der Waals surface area contributed by atoms with Crippen molar-refractivity contribution in [3.8, 4) is 0 Å². The molecule has 3 aliphatic rings. The molecule has 1 aromatic heterocycles. The maximum absolute atomic E-state index is 12.7. The standard InChI is InChI=1S/C17H25N3O3/c21-17(15-2-1-7-23-15)20-9-14(12-22-11-13-3-4-13)8-19-6-5-18-16(19)10-20/h5-6,13-15H,1-4,7-12H2/t14?,15-/m0/s1. The largest absolute Gasteiger partial charge is 0.381 e. The maximum atomic E-state index is 12.7. The first kappa shape index (κ1) is 15.1. The average Bonchev–Trinajstić information content (AvgIpc) is 3.07. The van der Waals surface area contributed by atoms with Crippen molar-refractivity contribution >= 4 is 5.91 Å². The highest BCUT2D eigenvalue weighted by Crippen LogP contribution is 2.29. The fourth-order valence-corrected chi connectivity index (χ4v) is 3.48. The van der Waals surface area contributed by atoms with E-state index in [0.717, 1.165) is 44.3 Å². The van der Waals surface area contributed by atoms with Crippen molar-refractivity contribution in [1.82, 2.24) is 14.5 Å². The van der Waals surface area contributed by atoms with Gasteiger partial charge in [-0.1, -0.05) is 0 Å². The zero-order valence-corrected chi connectivity index (χ0v) is 13.5. The highest BCUT2D eigenvalue weighted by atomic mass is 16.5. The minimum atomic E-state index is -0.260. The smallest absolute Gasteiger partial charge is 0.252 e. The normalized spacial score (nSPS) is 27.7. The van der Waals surface area contributed by atoms with Crippen LogP contribution in [0.4, 0.5) is 0 Å². The molecule has 126 valence electrons. The first-order valence-corrected chi connectivity index (χ1v) is 8.78. The monoisotopic (exact) mass is 319 g/mol. The third-order valence-corrected chi connectivity index (χ3v) is 4.99. The van der Waals surface area contributed by atoms with Crippen LogP contribution in [0.2, 0.25) is 0 Å². The third-order valence-electron chi connectivity index (χ3n) is 4.99. The zero-order chi connectivity index (χ0) is 15.6. The second-order valence-electron chi connectivity index (χ2n) is 7.06. The van der Waals surface area contributed by atoms with Crippen LogP contribution in [0, 0.1) is 11.8 Å². The van der Waals surface area contributed by atoms with Crippen LogP contribution in [0.15, 0.2) is 12.4 Å². The number of carbonyl (C=O) groups is 1. The second-order valence-corrected chi connectivity index (χ2v) is 7.06. The number of nitrogens with zero attached hydrogens (tertiary/aromatic N) is 3. The summed E-state index contributed by atoms with van der Waals surface area (Å²) in [5.74, 6) is 2.16. The van der Waals surface area contributed by atoms with Crippen molar-refractivity contribution in [2.75, 3.05) is 26.4 Å². The van der Waals surface area contributed by atoms with E-state index in [4.69, 9.17) is 9.47 Å². The molecule has 1 saturated carbocycles. The summed E-state index contributed by atoms with van der Waals surface area (Å²) in [5.41, 5.74) is 0. The van der Waals surface area contributed by atoms with Crippen molar-refractivity contribution in [1.29, 1.82) is 0 Å². The average molecular weight is 319 g/mol. The van der Waals surface area contributed by atoms with Crippen LogP contribution in [0.1, 0.15) is 31.5 Å². The zero-order valence-electron chi connectivity index (χ0n) is 13.5. The topological polar surface area (TPSA) is 56.6 Å². The summed E-state index contributed by atoms with van der Waals surface area (Å²) in [6, 6.07) is 0. The van der Waals surface area contributed by atoms with Gasteiger partial charge >= 0.3 is 0 Å². The Balaban J connectivity index is 1.43. The summed E-state index contributed by atoms with van der Waals surface area (Å²) in [5, 5.41) is 0. The Morgan fingerprint density at radius 1 is 1.26 bits per heavy atom. The lowest BCUT2D eigenvalue weighted by Crippen LogP contribution is -2.41. The van der Waals surface area contributed by atoms with Crippen molar-refractivity contribution in [3.05, 3.63) is 18.2 Å². The van der Waals surface area contributed by atoms with E-state index < -0.39 is 0 Å². The molecule has 1 aliphatic carbocycles. The summed E-state index contributed by atoms with van der Waals surface area (Å²) in [6.45, 7) is 4.45. The number of ether oxygens (including phenoxy) is 2. The van der Waals surface area contributed by atoms with Gasteiger partial charge in [0.2, 0.25) is 0 Å². The molecule has 0 N–H and O–H groups in total. The molecule has 3 heterocycles. The SMILES string of the molecule is O=C([C@@H]1CCCO1)N1Cc2nccn2CC(COCC2CC2)C1. The lowest BCUT2D eigenvalue weighted by molar-refractivity contribution is -0.142. The molecule has 0 bridgehead atoms. The highest BCUT2D eigenvalue weighted by Gasteiger charge is 2.32. The molecule has 1 saturated heterocycles. The molecule has 2 aliphatic heterocycles. The summed E-state index contributed by atoms with van der Waals surface area (Å²) in [4.78, 5) is 19.1. The third kappa shape index (κ3) is 3.58. The molecule has 1 amide bonds. The van der Waals surface area contributed by atoms with E-state index in [1.54, 1.807) is 0 Å². The van der Waals surface area contributed by atoms with Gasteiger partial charge in [0.15, 0.2) is 0 Å². The Kier molecular flexibility index (Phi) is 4.35. The van der Waals surface area contributed by atoms with Gasteiger partial charge in [0.25, 0.3) is 5.91 Å². The number of hydrogen-bond acceptors (Lipinski definition) is 4. The Labute approximate surface area is 136 Å². The van der Waals surface area contributed by atoms with Crippen LogP contribution in [0.5, 0.6) is 0 Å². The van der Waals surface area contributed by atoms with Gasteiger partial charge in [-0.25, -0.2) is 4.98 Å². The molecule has 0 spiro atoms. The number of imidazole rings is 1. The molecule has 6 heteroatoms. The predicted octanol–water partition coefficient (Wildman–Crippen LogP) is 1.45. The molecule has 1 unspecified atom stereocenters. The van der Waals surface area contributed by atoms with Crippen LogP contribution in [0.25, 0.3) is 0 Å². The summed E-state index contributed by atoms with van der Waals surface area (Å²) >= 11 is 0. The minimum Gasteiger partial charge on any atom is -0.381 e. The van der Waals surface area contributed by atoms with E-state index in [-0.39, 0.29) is 12.0 Å². The van der Waals surface area contributed by atoms with Gasteiger partial charge in [-0.05, 0) is 31.6 Å². The quantitative estimate of drug-likeness (QED) is 0.824. The number of carbonyl (C=O) groups excluding carboxylic acids is 1. The van der Waals surface area contributed by atoms with Gasteiger partial charge in [-0.2, -0.15) is 0 Å². The fraction of sp³-hybridized carbons (Fsp3) is 0.765. The molecule has 4 rings (SSSR count). The molecule has 2 fully saturated rings. The van der Waals surface area contributed by atoms with Crippen LogP contribution in [0.3, 0.4) is 0 Å². The Bertz CT molecular complexity index is 549. The van der Waals surface area contributed by atoms with Crippen molar-refractivity contribution in [2.45, 2.75) is 44.9 Å². The molecule has 1 aromatic rings. The summed E-state index contributed by atoms with van der Waals surface area (Å²) in [7, 11) is 0. The molecule has 0 radical (unpaired) electrons. The number of fused-ring (bicyclic) bond motifs is 1. The maximum Gasteiger partial charge on any atom is 0.252 e. The first-order chi connectivity index (χ1) is 11.3. The molecular formula is C17H25N3O3. The Morgan fingerprint density at radius 3 is 2.91 bits per heavy atom. The fourth-order valence-electron chi connectivity index (χ4n) is 3.48. The number of rotatable bonds is 5. The Morgan fingerprint density at radius 2 is 2.13 bits per heavy atom. The molecule has 23 heavy (non-hydrogen) atoms. The van der Waals surface area contributed by atoms with Crippen LogP contribution < -0.4 is 0 Å². The van der Waals surface area contributed by atoms with Gasteiger partial charge < -0.3 is 18.9 Å². The van der Waals surface area contributed by atoms with E-state index >= 15 is 0 Å². The lowest BCUT2D eigenvalue weighted by atomic mass is 10.1. The van der Waals surface area contributed by atoms with E-state index in [0.29, 0.717) is 25.7 Å². The predicted molar refractivity (Wildman–Crippen MR) is 83.7 cm³/mol. The highest BCUT2D eigenvalue weighted by molar-refractivity contribution is 5.81. The van der Waals surface area contributed by atoms with Gasteiger partial charge in [0.05, 0.1) is 13.2 Å². The van der Waals surface area contributed by atoms with Gasteiger partial charge in [0.1, 0.15) is 11.9 Å². The van der Waals surface area contributed by atoms with Gasteiger partial charge in [-0.15, -0.1) is 0 Å². The van der Waals surface area contributed by atoms with E-state index in [1.165, 1.54) is 12.8 Å². The molecular weight excluding hydrogens is 294 g/mol. The number of amides is 1. The van der Waals surface area contributed by atoms with Crippen molar-refractivity contribution in [2.24, 2.45) is 11.8 Å². The summed E-state index contributed by atoms with van der Waals surface area (Å²) < 4.78 is 13.6. The minimum absolute atomic E-state index is 0.117. The molecule has 6 nitrogen and oxygen atoms in total.